The molecule has 1 aliphatic heterocycles. The molecule has 0 saturated carbocycles. The van der Waals surface area contributed by atoms with Gasteiger partial charge in [0, 0.05) is 19.3 Å². The third-order valence-electron chi connectivity index (χ3n) is 3.92. The quantitative estimate of drug-likeness (QED) is 0.853. The van der Waals surface area contributed by atoms with Gasteiger partial charge in [-0.3, -0.25) is 4.98 Å². The summed E-state index contributed by atoms with van der Waals surface area (Å²) in [4.78, 5) is 4.36. The van der Waals surface area contributed by atoms with E-state index in [-0.39, 0.29) is 9.88 Å². The summed E-state index contributed by atoms with van der Waals surface area (Å²) in [6, 6.07) is 3.06. The Morgan fingerprint density at radius 2 is 2.10 bits per heavy atom. The number of thiocarbonyl (C=S) groups is 1. The van der Waals surface area contributed by atoms with Crippen molar-refractivity contribution in [2.24, 2.45) is 17.6 Å². The van der Waals surface area contributed by atoms with Crippen LogP contribution in [0.3, 0.4) is 0 Å². The van der Waals surface area contributed by atoms with Crippen LogP contribution in [0.25, 0.3) is 0 Å². The molecule has 1 aromatic heterocycles. The molecule has 110 valence electrons. The van der Waals surface area contributed by atoms with Gasteiger partial charge in [-0.15, -0.1) is 0 Å². The van der Waals surface area contributed by atoms with Crippen LogP contribution in [0.2, 0.25) is 0 Å². The second-order valence-electron chi connectivity index (χ2n) is 5.35. The molecule has 2 rings (SSSR count). The number of hydrogen-bond acceptors (Lipinski definition) is 4. The van der Waals surface area contributed by atoms with Crippen LogP contribution >= 0.6 is 12.2 Å². The first-order chi connectivity index (χ1) is 9.32. The van der Waals surface area contributed by atoms with Gasteiger partial charge in [-0.05, 0) is 30.4 Å². The lowest BCUT2D eigenvalue weighted by Gasteiger charge is -2.34. The van der Waals surface area contributed by atoms with Crippen LogP contribution in [0.15, 0.2) is 23.2 Å². The van der Waals surface area contributed by atoms with E-state index in [0.717, 1.165) is 6.42 Å². The maximum Gasteiger partial charge on any atom is 0.244 e. The van der Waals surface area contributed by atoms with Crippen molar-refractivity contribution in [3.05, 3.63) is 24.0 Å². The van der Waals surface area contributed by atoms with E-state index in [1.807, 2.05) is 0 Å². The SMILES string of the molecule is CC1CCN(S(=O)(=O)c2ccc(C(N)=S)nc2)CC1C. The van der Waals surface area contributed by atoms with Crippen molar-refractivity contribution in [3.8, 4) is 0 Å². The maximum absolute atomic E-state index is 12.5. The summed E-state index contributed by atoms with van der Waals surface area (Å²) >= 11 is 4.81. The van der Waals surface area contributed by atoms with Crippen molar-refractivity contribution in [2.45, 2.75) is 25.2 Å². The molecule has 7 heteroatoms. The molecule has 0 aromatic carbocycles. The van der Waals surface area contributed by atoms with Gasteiger partial charge in [0.15, 0.2) is 0 Å². The number of piperidine rings is 1. The Balaban J connectivity index is 2.24. The van der Waals surface area contributed by atoms with Gasteiger partial charge in [0.1, 0.15) is 9.88 Å². The largest absolute Gasteiger partial charge is 0.388 e. The van der Waals surface area contributed by atoms with Gasteiger partial charge in [-0.25, -0.2) is 8.42 Å². The molecular weight excluding hydrogens is 294 g/mol. The Kier molecular flexibility index (Phi) is 4.41. The highest BCUT2D eigenvalue weighted by Gasteiger charge is 2.31. The van der Waals surface area contributed by atoms with Crippen LogP contribution in [0.1, 0.15) is 26.0 Å². The minimum Gasteiger partial charge on any atom is -0.388 e. The lowest BCUT2D eigenvalue weighted by Crippen LogP contribution is -2.42. The predicted octanol–water partition coefficient (Wildman–Crippen LogP) is 1.38. The number of rotatable bonds is 3. The van der Waals surface area contributed by atoms with Gasteiger partial charge >= 0.3 is 0 Å². The average Bonchev–Trinajstić information content (AvgIpc) is 2.41. The number of nitrogens with zero attached hydrogens (tertiary/aromatic N) is 2. The van der Waals surface area contributed by atoms with Crippen molar-refractivity contribution in [1.82, 2.24) is 9.29 Å². The minimum atomic E-state index is -3.47. The number of nitrogens with two attached hydrogens (primary N) is 1. The summed E-state index contributed by atoms with van der Waals surface area (Å²) in [7, 11) is -3.47. The first kappa shape index (κ1) is 15.3. The Bertz CT molecular complexity index is 599. The lowest BCUT2D eigenvalue weighted by molar-refractivity contribution is 0.212. The number of hydrogen-bond donors (Lipinski definition) is 1. The van der Waals surface area contributed by atoms with Crippen molar-refractivity contribution in [3.63, 3.8) is 0 Å². The summed E-state index contributed by atoms with van der Waals surface area (Å²) in [5, 5.41) is 0. The summed E-state index contributed by atoms with van der Waals surface area (Å²) < 4.78 is 26.6. The van der Waals surface area contributed by atoms with Crippen LogP contribution in [0, 0.1) is 11.8 Å². The van der Waals surface area contributed by atoms with Crippen molar-refractivity contribution >= 4 is 27.2 Å². The molecule has 20 heavy (non-hydrogen) atoms. The van der Waals surface area contributed by atoms with E-state index < -0.39 is 10.0 Å². The summed E-state index contributed by atoms with van der Waals surface area (Å²) in [6.45, 7) is 5.36. The van der Waals surface area contributed by atoms with E-state index in [1.165, 1.54) is 16.6 Å². The zero-order valence-electron chi connectivity index (χ0n) is 11.6. The summed E-state index contributed by atoms with van der Waals surface area (Å²) in [5.74, 6) is 0.916. The molecule has 1 fully saturated rings. The third-order valence-corrected chi connectivity index (χ3v) is 5.98. The monoisotopic (exact) mass is 313 g/mol. The summed E-state index contributed by atoms with van der Waals surface area (Å²) in [6.07, 6.45) is 2.21. The van der Waals surface area contributed by atoms with Crippen molar-refractivity contribution in [1.29, 1.82) is 0 Å². The molecule has 0 aliphatic carbocycles. The molecule has 1 saturated heterocycles. The Hall–Kier alpha value is -1.05. The highest BCUT2D eigenvalue weighted by molar-refractivity contribution is 7.89. The first-order valence-electron chi connectivity index (χ1n) is 6.58. The van der Waals surface area contributed by atoms with E-state index in [2.05, 4.69) is 18.8 Å². The molecule has 5 nitrogen and oxygen atoms in total. The fourth-order valence-corrected chi connectivity index (χ4v) is 3.89. The second-order valence-corrected chi connectivity index (χ2v) is 7.73. The zero-order chi connectivity index (χ0) is 14.9. The van der Waals surface area contributed by atoms with Crippen LogP contribution in [-0.2, 0) is 10.0 Å². The highest BCUT2D eigenvalue weighted by atomic mass is 32.2. The topological polar surface area (TPSA) is 76.3 Å². The first-order valence-corrected chi connectivity index (χ1v) is 8.43. The highest BCUT2D eigenvalue weighted by Crippen LogP contribution is 2.27. The Labute approximate surface area is 125 Å². The van der Waals surface area contributed by atoms with Gasteiger partial charge < -0.3 is 5.73 Å². The van der Waals surface area contributed by atoms with Crippen LogP contribution in [0.5, 0.6) is 0 Å². The lowest BCUT2D eigenvalue weighted by atomic mass is 9.90. The van der Waals surface area contributed by atoms with E-state index in [4.69, 9.17) is 18.0 Å². The molecular formula is C13H19N3O2S2. The molecule has 1 aliphatic rings. The molecule has 2 heterocycles. The van der Waals surface area contributed by atoms with Crippen LogP contribution in [0.4, 0.5) is 0 Å². The number of pyridine rings is 1. The van der Waals surface area contributed by atoms with E-state index in [9.17, 15) is 8.42 Å². The van der Waals surface area contributed by atoms with Crippen LogP contribution in [-0.4, -0.2) is 35.8 Å². The Morgan fingerprint density at radius 3 is 2.60 bits per heavy atom. The molecule has 0 bridgehead atoms. The zero-order valence-corrected chi connectivity index (χ0v) is 13.2. The predicted molar refractivity (Wildman–Crippen MR) is 81.8 cm³/mol. The number of sulfonamides is 1. The fourth-order valence-electron chi connectivity index (χ4n) is 2.27. The average molecular weight is 313 g/mol. The van der Waals surface area contributed by atoms with E-state index in [0.29, 0.717) is 30.6 Å². The van der Waals surface area contributed by atoms with E-state index >= 15 is 0 Å². The number of aromatic nitrogens is 1. The van der Waals surface area contributed by atoms with Crippen molar-refractivity contribution < 1.29 is 8.42 Å². The molecule has 2 N–H and O–H groups in total. The van der Waals surface area contributed by atoms with E-state index in [1.54, 1.807) is 6.07 Å². The second kappa shape index (κ2) is 5.75. The fraction of sp³-hybridized carbons (Fsp3) is 0.538. The minimum absolute atomic E-state index is 0.161. The molecule has 2 atom stereocenters. The molecule has 0 spiro atoms. The van der Waals surface area contributed by atoms with Crippen molar-refractivity contribution in [2.75, 3.05) is 13.1 Å². The van der Waals surface area contributed by atoms with Gasteiger partial charge in [-0.2, -0.15) is 4.31 Å². The normalized spacial score (nSPS) is 24.5. The smallest absolute Gasteiger partial charge is 0.244 e. The van der Waals surface area contributed by atoms with Gasteiger partial charge in [-0.1, -0.05) is 26.1 Å². The van der Waals surface area contributed by atoms with Gasteiger partial charge in [0.25, 0.3) is 0 Å². The Morgan fingerprint density at radius 1 is 1.40 bits per heavy atom. The van der Waals surface area contributed by atoms with Gasteiger partial charge in [0.2, 0.25) is 10.0 Å². The maximum atomic E-state index is 12.5. The van der Waals surface area contributed by atoms with Gasteiger partial charge in [0.05, 0.1) is 5.69 Å². The molecule has 1 aromatic rings. The standard InChI is InChI=1S/C13H19N3O2S2/c1-9-5-6-16(8-10(9)2)20(17,18)11-3-4-12(13(14)19)15-7-11/h3-4,7,9-10H,5-6,8H2,1-2H3,(H2,14,19). The molecule has 0 radical (unpaired) electrons. The summed E-state index contributed by atoms with van der Waals surface area (Å²) in [5.41, 5.74) is 5.89. The van der Waals surface area contributed by atoms with Crippen LogP contribution < -0.4 is 5.73 Å². The third kappa shape index (κ3) is 2.99. The molecule has 0 amide bonds. The molecule has 2 unspecified atom stereocenters.